The van der Waals surface area contributed by atoms with E-state index in [1.54, 1.807) is 24.3 Å². The largest absolute Gasteiger partial charge is 0.338 e. The molecule has 0 aliphatic carbocycles. The molecule has 5 nitrogen and oxygen atoms in total. The van der Waals surface area contributed by atoms with Gasteiger partial charge in [0.25, 0.3) is 11.8 Å². The molecule has 1 saturated heterocycles. The molecule has 3 N–H and O–H groups in total. The Morgan fingerprint density at radius 3 is 2.52 bits per heavy atom. The van der Waals surface area contributed by atoms with Crippen LogP contribution >= 0.6 is 0 Å². The molecule has 2 amide bonds. The molecule has 3 rings (SSSR count). The number of anilines is 1. The monoisotopic (exact) mass is 369 g/mol. The molecule has 1 aliphatic heterocycles. The van der Waals surface area contributed by atoms with Gasteiger partial charge in [0.15, 0.2) is 0 Å². The van der Waals surface area contributed by atoms with E-state index in [1.165, 1.54) is 24.3 Å². The van der Waals surface area contributed by atoms with Crippen molar-refractivity contribution in [3.8, 4) is 0 Å². The van der Waals surface area contributed by atoms with Gasteiger partial charge in [0.1, 0.15) is 5.82 Å². The molecule has 142 valence electrons. The Balaban J connectivity index is 1.72. The van der Waals surface area contributed by atoms with Gasteiger partial charge in [-0.3, -0.25) is 9.59 Å². The lowest BCUT2D eigenvalue weighted by atomic mass is 9.79. The van der Waals surface area contributed by atoms with Crippen molar-refractivity contribution in [1.29, 1.82) is 0 Å². The van der Waals surface area contributed by atoms with Crippen LogP contribution in [0.4, 0.5) is 10.1 Å². The number of hydrogen-bond donors (Lipinski definition) is 2. The Kier molecular flexibility index (Phi) is 5.28. The van der Waals surface area contributed by atoms with Crippen LogP contribution in [0, 0.1) is 11.2 Å². The molecule has 27 heavy (non-hydrogen) atoms. The molecule has 0 bridgehead atoms. The van der Waals surface area contributed by atoms with Crippen LogP contribution < -0.4 is 11.1 Å². The molecule has 0 aromatic heterocycles. The normalized spacial score (nSPS) is 18.8. The zero-order chi connectivity index (χ0) is 19.6. The molecule has 0 saturated carbocycles. The summed E-state index contributed by atoms with van der Waals surface area (Å²) in [5.74, 6) is -0.833. The third-order valence-corrected chi connectivity index (χ3v) is 5.07. The van der Waals surface area contributed by atoms with Crippen LogP contribution in [0.25, 0.3) is 0 Å². The summed E-state index contributed by atoms with van der Waals surface area (Å²) in [6.07, 6.45) is 0.764. The quantitative estimate of drug-likeness (QED) is 0.872. The molecule has 2 aromatic rings. The Labute approximate surface area is 158 Å². The van der Waals surface area contributed by atoms with Gasteiger partial charge in [0.2, 0.25) is 0 Å². The zero-order valence-corrected chi connectivity index (χ0v) is 15.5. The predicted molar refractivity (Wildman–Crippen MR) is 103 cm³/mol. The molecule has 1 fully saturated rings. The number of likely N-dealkylation sites (tertiary alicyclic amines) is 1. The molecule has 2 aromatic carbocycles. The van der Waals surface area contributed by atoms with E-state index in [1.807, 2.05) is 4.90 Å². The first-order valence-corrected chi connectivity index (χ1v) is 8.98. The fourth-order valence-corrected chi connectivity index (χ4v) is 3.26. The van der Waals surface area contributed by atoms with Crippen molar-refractivity contribution in [2.24, 2.45) is 11.1 Å². The molecule has 6 heteroatoms. The first-order valence-electron chi connectivity index (χ1n) is 8.98. The summed E-state index contributed by atoms with van der Waals surface area (Å²) >= 11 is 0. The molecule has 1 atom stereocenters. The molecule has 1 heterocycles. The first-order chi connectivity index (χ1) is 12.8. The summed E-state index contributed by atoms with van der Waals surface area (Å²) in [5.41, 5.74) is 7.39. The van der Waals surface area contributed by atoms with Crippen molar-refractivity contribution in [2.75, 3.05) is 18.4 Å². The highest BCUT2D eigenvalue weighted by Crippen LogP contribution is 2.28. The number of nitrogens with two attached hydrogens (primary N) is 1. The molecule has 0 radical (unpaired) electrons. The second kappa shape index (κ2) is 7.48. The highest BCUT2D eigenvalue weighted by Gasteiger charge is 2.35. The maximum atomic E-state index is 13.0. The summed E-state index contributed by atoms with van der Waals surface area (Å²) < 4.78 is 13.0. The van der Waals surface area contributed by atoms with Crippen LogP contribution in [-0.2, 0) is 0 Å². The lowest BCUT2D eigenvalue weighted by molar-refractivity contribution is 0.0533. The van der Waals surface area contributed by atoms with Crippen molar-refractivity contribution < 1.29 is 14.0 Å². The second-order valence-corrected chi connectivity index (χ2v) is 7.65. The van der Waals surface area contributed by atoms with E-state index in [0.29, 0.717) is 29.9 Å². The average molecular weight is 369 g/mol. The smallest absolute Gasteiger partial charge is 0.255 e. The molecule has 0 spiro atoms. The van der Waals surface area contributed by atoms with Crippen LogP contribution in [0.5, 0.6) is 0 Å². The maximum Gasteiger partial charge on any atom is 0.255 e. The van der Waals surface area contributed by atoms with Crippen molar-refractivity contribution >= 4 is 17.5 Å². The van der Waals surface area contributed by atoms with E-state index in [0.717, 1.165) is 6.42 Å². The third-order valence-electron chi connectivity index (χ3n) is 5.07. The number of piperidine rings is 1. The van der Waals surface area contributed by atoms with E-state index >= 15 is 0 Å². The molecular weight excluding hydrogens is 345 g/mol. The van der Waals surface area contributed by atoms with Crippen LogP contribution in [0.3, 0.4) is 0 Å². The number of nitrogens with one attached hydrogen (secondary N) is 1. The predicted octanol–water partition coefficient (Wildman–Crippen LogP) is 3.28. The van der Waals surface area contributed by atoms with E-state index in [-0.39, 0.29) is 23.3 Å². The molecule has 1 unspecified atom stereocenters. The van der Waals surface area contributed by atoms with Gasteiger partial charge >= 0.3 is 0 Å². The van der Waals surface area contributed by atoms with Crippen molar-refractivity contribution in [3.05, 3.63) is 65.5 Å². The summed E-state index contributed by atoms with van der Waals surface area (Å²) in [6, 6.07) is 12.2. The summed E-state index contributed by atoms with van der Waals surface area (Å²) in [5, 5.41) is 2.75. The van der Waals surface area contributed by atoms with Crippen molar-refractivity contribution in [2.45, 2.75) is 26.3 Å². The standard InChI is InChI=1S/C21H24FN3O2/c1-21(2)13-25(11-10-18(21)23)20(27)15-4-3-5-17(12-15)24-19(26)14-6-8-16(22)9-7-14/h3-9,12,18H,10-11,13,23H2,1-2H3,(H,24,26). The lowest BCUT2D eigenvalue weighted by Gasteiger charge is -2.42. The Morgan fingerprint density at radius 1 is 1.15 bits per heavy atom. The summed E-state index contributed by atoms with van der Waals surface area (Å²) in [4.78, 5) is 27.0. The van der Waals surface area contributed by atoms with Gasteiger partial charge in [-0.15, -0.1) is 0 Å². The van der Waals surface area contributed by atoms with E-state index in [9.17, 15) is 14.0 Å². The highest BCUT2D eigenvalue weighted by molar-refractivity contribution is 6.05. The Morgan fingerprint density at radius 2 is 1.85 bits per heavy atom. The number of carbonyl (C=O) groups excluding carboxylic acids is 2. The number of nitrogens with zero attached hydrogens (tertiary/aromatic N) is 1. The Bertz CT molecular complexity index is 849. The van der Waals surface area contributed by atoms with Crippen LogP contribution in [0.1, 0.15) is 41.0 Å². The van der Waals surface area contributed by atoms with Crippen molar-refractivity contribution in [1.82, 2.24) is 4.90 Å². The Hall–Kier alpha value is -2.73. The van der Waals surface area contributed by atoms with Gasteiger partial charge < -0.3 is 16.0 Å². The number of benzene rings is 2. The number of carbonyl (C=O) groups is 2. The fourth-order valence-electron chi connectivity index (χ4n) is 3.26. The number of halogens is 1. The third kappa shape index (κ3) is 4.34. The second-order valence-electron chi connectivity index (χ2n) is 7.65. The topological polar surface area (TPSA) is 75.4 Å². The summed E-state index contributed by atoms with van der Waals surface area (Å²) in [7, 11) is 0. The van der Waals surface area contributed by atoms with Gasteiger partial charge in [-0.2, -0.15) is 0 Å². The summed E-state index contributed by atoms with van der Waals surface area (Å²) in [6.45, 7) is 5.35. The van der Waals surface area contributed by atoms with Gasteiger partial charge in [-0.05, 0) is 54.3 Å². The van der Waals surface area contributed by atoms with Gasteiger partial charge in [0, 0.05) is 35.9 Å². The van der Waals surface area contributed by atoms with Crippen LogP contribution in [0.2, 0.25) is 0 Å². The highest BCUT2D eigenvalue weighted by atomic mass is 19.1. The minimum Gasteiger partial charge on any atom is -0.338 e. The zero-order valence-electron chi connectivity index (χ0n) is 15.5. The van der Waals surface area contributed by atoms with Gasteiger partial charge in [0.05, 0.1) is 0 Å². The first kappa shape index (κ1) is 19.0. The minimum absolute atomic E-state index is 0.0721. The SMILES string of the molecule is CC1(C)CN(C(=O)c2cccc(NC(=O)c3ccc(F)cc3)c2)CCC1N. The number of amides is 2. The van der Waals surface area contributed by atoms with Gasteiger partial charge in [-0.1, -0.05) is 19.9 Å². The molecule has 1 aliphatic rings. The van der Waals surface area contributed by atoms with Crippen LogP contribution in [-0.4, -0.2) is 35.8 Å². The average Bonchev–Trinajstić information content (AvgIpc) is 2.64. The van der Waals surface area contributed by atoms with Gasteiger partial charge in [-0.25, -0.2) is 4.39 Å². The number of hydrogen-bond acceptors (Lipinski definition) is 3. The fraction of sp³-hybridized carbons (Fsp3) is 0.333. The van der Waals surface area contributed by atoms with E-state index in [4.69, 9.17) is 5.73 Å². The van der Waals surface area contributed by atoms with Crippen LogP contribution in [0.15, 0.2) is 48.5 Å². The minimum atomic E-state index is -0.400. The van der Waals surface area contributed by atoms with E-state index < -0.39 is 5.82 Å². The maximum absolute atomic E-state index is 13.0. The lowest BCUT2D eigenvalue weighted by Crippen LogP contribution is -2.54. The van der Waals surface area contributed by atoms with E-state index in [2.05, 4.69) is 19.2 Å². The molecular formula is C21H24FN3O2. The number of rotatable bonds is 3. The van der Waals surface area contributed by atoms with Crippen molar-refractivity contribution in [3.63, 3.8) is 0 Å².